The molecule has 0 amide bonds. The van der Waals surface area contributed by atoms with Gasteiger partial charge in [0.2, 0.25) is 0 Å². The van der Waals surface area contributed by atoms with Crippen LogP contribution in [0.1, 0.15) is 0 Å². The van der Waals surface area contributed by atoms with E-state index in [9.17, 15) is 17.4 Å². The topological polar surface area (TPSA) is 40.9 Å². The van der Waals surface area contributed by atoms with Crippen molar-refractivity contribution in [1.82, 2.24) is 0 Å². The van der Waals surface area contributed by atoms with Gasteiger partial charge >= 0.3 is 5.76 Å². The van der Waals surface area contributed by atoms with E-state index >= 15 is 0 Å². The molecule has 2 nitrogen and oxygen atoms in total. The molecule has 1 rings (SSSR count). The Kier molecular flexibility index (Phi) is 2.60. The van der Waals surface area contributed by atoms with Crippen LogP contribution in [-0.4, -0.2) is 9.97 Å². The van der Waals surface area contributed by atoms with Crippen LogP contribution in [0.3, 0.4) is 0 Å². The number of rotatable bonds is 2. The number of hydrogen-bond donors (Lipinski definition) is 1. The molecule has 0 aliphatic rings. The van der Waals surface area contributed by atoms with E-state index in [-0.39, 0.29) is 0 Å². The van der Waals surface area contributed by atoms with Gasteiger partial charge in [0.1, 0.15) is 15.5 Å². The molecule has 1 aromatic rings. The molecule has 1 aromatic carbocycles. The number of hydrogen-bond acceptors (Lipinski definition) is 2. The van der Waals surface area contributed by atoms with E-state index in [1.165, 1.54) is 12.1 Å². The largest absolute Gasteiger partial charge is 0.323 e. The molecule has 1 unspecified atom stereocenters. The van der Waals surface area contributed by atoms with E-state index in [2.05, 4.69) is 0 Å². The summed E-state index contributed by atoms with van der Waals surface area (Å²) < 4.78 is 54.7. The predicted molar refractivity (Wildman–Crippen MR) is 41.5 cm³/mol. The van der Waals surface area contributed by atoms with Crippen molar-refractivity contribution in [3.8, 4) is 0 Å². The maximum absolute atomic E-state index is 12.8. The average Bonchev–Trinajstić information content (AvgIpc) is 2.04. The Morgan fingerprint density at radius 2 is 1.85 bits per heavy atom. The van der Waals surface area contributed by atoms with Gasteiger partial charge in [-0.15, -0.1) is 0 Å². The van der Waals surface area contributed by atoms with Crippen molar-refractivity contribution < 1.29 is 17.4 Å². The predicted octanol–water partition coefficient (Wildman–Crippen LogP) is 2.45. The van der Waals surface area contributed by atoms with Crippen LogP contribution in [-0.2, 0) is 9.73 Å². The van der Waals surface area contributed by atoms with Crippen LogP contribution < -0.4 is 0 Å². The summed E-state index contributed by atoms with van der Waals surface area (Å²) in [5, 5.41) is 0. The zero-order valence-corrected chi connectivity index (χ0v) is 7.15. The Labute approximate surface area is 73.4 Å². The van der Waals surface area contributed by atoms with Gasteiger partial charge in [0.15, 0.2) is 0 Å². The number of alkyl halides is 2. The number of nitrogens with one attached hydrogen (secondary N) is 1. The SMILES string of the molecule is N=S(=O)(c1ccccc1F)C(F)F. The minimum absolute atomic E-state index is 0.745. The van der Waals surface area contributed by atoms with Crippen molar-refractivity contribution in [3.05, 3.63) is 30.1 Å². The quantitative estimate of drug-likeness (QED) is 0.798. The minimum atomic E-state index is -4.32. The lowest BCUT2D eigenvalue weighted by molar-refractivity contribution is 0.240. The van der Waals surface area contributed by atoms with Crippen LogP contribution in [0.4, 0.5) is 13.2 Å². The normalized spacial score (nSPS) is 15.7. The first-order valence-electron chi connectivity index (χ1n) is 3.26. The molecule has 6 heteroatoms. The fourth-order valence-corrected chi connectivity index (χ4v) is 1.62. The second kappa shape index (κ2) is 3.37. The summed E-state index contributed by atoms with van der Waals surface area (Å²) in [6.45, 7) is 0. The van der Waals surface area contributed by atoms with Crippen molar-refractivity contribution >= 4 is 9.73 Å². The minimum Gasteiger partial charge on any atom is -0.244 e. The summed E-state index contributed by atoms with van der Waals surface area (Å²) in [6, 6.07) is 4.36. The molecule has 1 atom stereocenters. The lowest BCUT2D eigenvalue weighted by atomic mass is 10.4. The summed E-state index contributed by atoms with van der Waals surface area (Å²) in [5.41, 5.74) is 0. The first-order chi connectivity index (χ1) is 5.96. The van der Waals surface area contributed by atoms with Gasteiger partial charge in [-0.05, 0) is 12.1 Å². The fourth-order valence-electron chi connectivity index (χ4n) is 0.787. The van der Waals surface area contributed by atoms with Crippen LogP contribution in [0, 0.1) is 10.6 Å². The zero-order valence-electron chi connectivity index (χ0n) is 6.34. The third kappa shape index (κ3) is 1.82. The molecule has 0 spiro atoms. The Hall–Kier alpha value is -1.04. The molecule has 0 fully saturated rings. The van der Waals surface area contributed by atoms with E-state index < -0.39 is 26.2 Å². The average molecular weight is 209 g/mol. The van der Waals surface area contributed by atoms with Crippen LogP contribution in [0.5, 0.6) is 0 Å². The molecule has 0 bridgehead atoms. The molecule has 0 saturated carbocycles. The van der Waals surface area contributed by atoms with Crippen molar-refractivity contribution in [3.63, 3.8) is 0 Å². The van der Waals surface area contributed by atoms with Crippen LogP contribution in [0.25, 0.3) is 0 Å². The summed E-state index contributed by atoms with van der Waals surface area (Å²) in [7, 11) is -4.32. The smallest absolute Gasteiger partial charge is 0.244 e. The van der Waals surface area contributed by atoms with E-state index in [0.29, 0.717) is 0 Å². The van der Waals surface area contributed by atoms with Crippen LogP contribution >= 0.6 is 0 Å². The third-order valence-electron chi connectivity index (χ3n) is 1.41. The van der Waals surface area contributed by atoms with Crippen molar-refractivity contribution in [2.75, 3.05) is 0 Å². The monoisotopic (exact) mass is 209 g/mol. The molecule has 13 heavy (non-hydrogen) atoms. The Morgan fingerprint density at radius 3 is 2.31 bits per heavy atom. The first-order valence-corrected chi connectivity index (χ1v) is 4.88. The second-order valence-electron chi connectivity index (χ2n) is 2.29. The van der Waals surface area contributed by atoms with Gasteiger partial charge in [-0.25, -0.2) is 13.4 Å². The molecule has 1 N–H and O–H groups in total. The molecule has 0 radical (unpaired) electrons. The summed E-state index contributed by atoms with van der Waals surface area (Å²) >= 11 is 0. The van der Waals surface area contributed by atoms with Gasteiger partial charge in [0.25, 0.3) is 0 Å². The Balaban J connectivity index is 3.32. The van der Waals surface area contributed by atoms with Gasteiger partial charge in [-0.3, -0.25) is 0 Å². The highest BCUT2D eigenvalue weighted by Crippen LogP contribution is 2.21. The molecular weight excluding hydrogens is 203 g/mol. The third-order valence-corrected chi connectivity index (χ3v) is 2.90. The lowest BCUT2D eigenvalue weighted by Gasteiger charge is -2.06. The molecular formula is C7H6F3NOS. The van der Waals surface area contributed by atoms with Gasteiger partial charge < -0.3 is 0 Å². The van der Waals surface area contributed by atoms with E-state index in [0.717, 1.165) is 12.1 Å². The molecule has 0 aliphatic heterocycles. The Bertz CT molecular complexity index is 402. The zero-order chi connectivity index (χ0) is 10.1. The van der Waals surface area contributed by atoms with E-state index in [1.807, 2.05) is 0 Å². The molecule has 0 saturated heterocycles. The van der Waals surface area contributed by atoms with Gasteiger partial charge in [0.05, 0.1) is 4.90 Å². The molecule has 0 aromatic heterocycles. The highest BCUT2D eigenvalue weighted by atomic mass is 32.2. The van der Waals surface area contributed by atoms with E-state index in [4.69, 9.17) is 4.78 Å². The number of benzene rings is 1. The summed E-state index contributed by atoms with van der Waals surface area (Å²) in [4.78, 5) is -0.745. The van der Waals surface area contributed by atoms with Crippen LogP contribution in [0.2, 0.25) is 0 Å². The standard InChI is InChI=1S/C7H6F3NOS/c8-5-3-1-2-4-6(5)13(11,12)7(9)10/h1-4,7,11H. The maximum atomic E-state index is 12.8. The molecule has 72 valence electrons. The van der Waals surface area contributed by atoms with Gasteiger partial charge in [-0.2, -0.15) is 8.78 Å². The van der Waals surface area contributed by atoms with Crippen molar-refractivity contribution in [2.45, 2.75) is 10.7 Å². The van der Waals surface area contributed by atoms with Crippen molar-refractivity contribution in [1.29, 1.82) is 4.78 Å². The lowest BCUT2D eigenvalue weighted by Crippen LogP contribution is -2.11. The highest BCUT2D eigenvalue weighted by Gasteiger charge is 2.24. The fraction of sp³-hybridized carbons (Fsp3) is 0.143. The van der Waals surface area contributed by atoms with E-state index in [1.54, 1.807) is 0 Å². The summed E-state index contributed by atoms with van der Waals surface area (Å²) in [6.07, 6.45) is 0. The Morgan fingerprint density at radius 1 is 1.31 bits per heavy atom. The van der Waals surface area contributed by atoms with Crippen molar-refractivity contribution in [2.24, 2.45) is 0 Å². The molecule has 0 aliphatic carbocycles. The summed E-state index contributed by atoms with van der Waals surface area (Å²) in [5.74, 6) is -4.41. The maximum Gasteiger partial charge on any atom is 0.323 e. The van der Waals surface area contributed by atoms with Gasteiger partial charge in [-0.1, -0.05) is 12.1 Å². The van der Waals surface area contributed by atoms with Crippen LogP contribution in [0.15, 0.2) is 29.2 Å². The highest BCUT2D eigenvalue weighted by molar-refractivity contribution is 7.92. The molecule has 0 heterocycles. The number of halogens is 3. The second-order valence-corrected chi connectivity index (χ2v) is 4.29. The first kappa shape index (κ1) is 10.0. The van der Waals surface area contributed by atoms with Gasteiger partial charge in [0, 0.05) is 0 Å².